The highest BCUT2D eigenvalue weighted by Gasteiger charge is 2.35. The maximum Gasteiger partial charge on any atom is 0.245 e. The van der Waals surface area contributed by atoms with E-state index in [0.29, 0.717) is 18.2 Å². The molecule has 0 bridgehead atoms. The number of hydrogen-bond donors (Lipinski definition) is 1. The van der Waals surface area contributed by atoms with Gasteiger partial charge < -0.3 is 9.64 Å². The first-order valence-electron chi connectivity index (χ1n) is 11.2. The number of aryl methyl sites for hydroxylation is 1. The van der Waals surface area contributed by atoms with Gasteiger partial charge in [-0.1, -0.05) is 42.8 Å². The van der Waals surface area contributed by atoms with Crippen molar-refractivity contribution in [3.63, 3.8) is 0 Å². The molecular formula is C27H26ClN3O3. The average molecular weight is 476 g/mol. The first kappa shape index (κ1) is 23.5. The molecule has 1 heterocycles. The molecule has 0 spiro atoms. The Morgan fingerprint density at radius 2 is 1.74 bits per heavy atom. The van der Waals surface area contributed by atoms with Gasteiger partial charge in [0.15, 0.2) is 0 Å². The van der Waals surface area contributed by atoms with Crippen molar-refractivity contribution in [3.05, 3.63) is 94.5 Å². The van der Waals surface area contributed by atoms with Crippen LogP contribution in [0.1, 0.15) is 30.0 Å². The summed E-state index contributed by atoms with van der Waals surface area (Å²) in [6, 6.07) is 22.8. The molecule has 0 aromatic heterocycles. The van der Waals surface area contributed by atoms with Gasteiger partial charge in [-0.25, -0.2) is 5.43 Å². The molecule has 7 heteroatoms. The fourth-order valence-corrected chi connectivity index (χ4v) is 3.83. The number of hydrazone groups is 1. The van der Waals surface area contributed by atoms with E-state index in [0.717, 1.165) is 29.0 Å². The maximum atomic E-state index is 12.5. The van der Waals surface area contributed by atoms with E-state index in [1.54, 1.807) is 11.1 Å². The summed E-state index contributed by atoms with van der Waals surface area (Å²) >= 11 is 5.90. The number of hydrogen-bond acceptors (Lipinski definition) is 4. The number of amides is 2. The van der Waals surface area contributed by atoms with E-state index >= 15 is 0 Å². The Balaban J connectivity index is 1.26. The molecule has 1 aliphatic rings. The van der Waals surface area contributed by atoms with Crippen LogP contribution < -0.4 is 15.1 Å². The lowest BCUT2D eigenvalue weighted by atomic mass is 10.1. The normalized spacial score (nSPS) is 15.6. The maximum absolute atomic E-state index is 12.5. The first-order chi connectivity index (χ1) is 16.5. The van der Waals surface area contributed by atoms with Gasteiger partial charge in [0, 0.05) is 23.7 Å². The Kier molecular flexibility index (Phi) is 7.60. The molecule has 0 saturated carbocycles. The molecular weight excluding hydrogens is 450 g/mol. The number of nitrogens with one attached hydrogen (secondary N) is 1. The Morgan fingerprint density at radius 3 is 2.41 bits per heavy atom. The first-order valence-corrected chi connectivity index (χ1v) is 11.6. The van der Waals surface area contributed by atoms with Crippen LogP contribution in [0.25, 0.3) is 0 Å². The summed E-state index contributed by atoms with van der Waals surface area (Å²) in [5.41, 5.74) is 6.43. The second-order valence-electron chi connectivity index (χ2n) is 8.14. The summed E-state index contributed by atoms with van der Waals surface area (Å²) in [5.74, 6) is -0.0189. The van der Waals surface area contributed by atoms with Crippen molar-refractivity contribution in [1.29, 1.82) is 0 Å². The van der Waals surface area contributed by atoms with E-state index in [4.69, 9.17) is 16.3 Å². The molecule has 3 aromatic carbocycles. The summed E-state index contributed by atoms with van der Waals surface area (Å²) in [6.45, 7) is 2.88. The van der Waals surface area contributed by atoms with E-state index in [1.165, 1.54) is 5.56 Å². The molecule has 4 rings (SSSR count). The topological polar surface area (TPSA) is 71.0 Å². The minimum atomic E-state index is -0.431. The van der Waals surface area contributed by atoms with Gasteiger partial charge >= 0.3 is 0 Å². The van der Waals surface area contributed by atoms with Gasteiger partial charge in [-0.3, -0.25) is 9.59 Å². The molecule has 1 N–H and O–H groups in total. The van der Waals surface area contributed by atoms with Gasteiger partial charge in [-0.2, -0.15) is 5.10 Å². The highest BCUT2D eigenvalue weighted by molar-refractivity contribution is 6.30. The molecule has 0 unspecified atom stereocenters. The minimum Gasteiger partial charge on any atom is -0.489 e. The third-order valence-corrected chi connectivity index (χ3v) is 5.99. The molecule has 1 aliphatic heterocycles. The van der Waals surface area contributed by atoms with E-state index in [9.17, 15) is 9.59 Å². The summed E-state index contributed by atoms with van der Waals surface area (Å²) in [6.07, 6.45) is 2.69. The van der Waals surface area contributed by atoms with Gasteiger partial charge in [-0.15, -0.1) is 0 Å². The third-order valence-electron chi connectivity index (χ3n) is 5.74. The van der Waals surface area contributed by atoms with Crippen LogP contribution in [0.4, 0.5) is 5.69 Å². The minimum absolute atomic E-state index is 0.0532. The molecule has 174 valence electrons. The molecule has 3 aromatic rings. The number of anilines is 1. The van der Waals surface area contributed by atoms with Gasteiger partial charge in [0.05, 0.1) is 12.1 Å². The van der Waals surface area contributed by atoms with Crippen LogP contribution >= 0.6 is 11.6 Å². The van der Waals surface area contributed by atoms with Crippen LogP contribution in [0.3, 0.4) is 0 Å². The summed E-state index contributed by atoms with van der Waals surface area (Å²) in [7, 11) is 0. The van der Waals surface area contributed by atoms with Crippen molar-refractivity contribution in [1.82, 2.24) is 5.43 Å². The number of carbonyl (C=O) groups is 2. The Bertz CT molecular complexity index is 1160. The van der Waals surface area contributed by atoms with Crippen molar-refractivity contribution >= 4 is 35.3 Å². The van der Waals surface area contributed by atoms with Crippen molar-refractivity contribution in [3.8, 4) is 5.75 Å². The zero-order valence-corrected chi connectivity index (χ0v) is 19.7. The lowest BCUT2D eigenvalue weighted by Gasteiger charge is -2.16. The molecule has 0 radical (unpaired) electrons. The fourth-order valence-electron chi connectivity index (χ4n) is 3.70. The van der Waals surface area contributed by atoms with Crippen LogP contribution in [0.5, 0.6) is 5.75 Å². The number of benzene rings is 3. The van der Waals surface area contributed by atoms with E-state index in [2.05, 4.69) is 17.5 Å². The predicted molar refractivity (Wildman–Crippen MR) is 134 cm³/mol. The third kappa shape index (κ3) is 6.02. The van der Waals surface area contributed by atoms with Crippen LogP contribution in [-0.4, -0.2) is 24.6 Å². The predicted octanol–water partition coefficient (Wildman–Crippen LogP) is 4.98. The number of halogens is 1. The zero-order chi connectivity index (χ0) is 23.9. The Hall–Kier alpha value is -3.64. The molecule has 2 amide bonds. The monoisotopic (exact) mass is 475 g/mol. The summed E-state index contributed by atoms with van der Waals surface area (Å²) < 4.78 is 5.77. The van der Waals surface area contributed by atoms with Gasteiger partial charge in [0.2, 0.25) is 11.8 Å². The number of rotatable bonds is 8. The molecule has 0 aliphatic carbocycles. The van der Waals surface area contributed by atoms with E-state index < -0.39 is 5.92 Å². The van der Waals surface area contributed by atoms with Crippen molar-refractivity contribution in [2.45, 2.75) is 26.4 Å². The van der Waals surface area contributed by atoms with Crippen LogP contribution in [0, 0.1) is 5.92 Å². The van der Waals surface area contributed by atoms with Gasteiger partial charge in [0.1, 0.15) is 12.4 Å². The van der Waals surface area contributed by atoms with E-state index in [1.807, 2.05) is 72.8 Å². The average Bonchev–Trinajstić information content (AvgIpc) is 3.26. The highest BCUT2D eigenvalue weighted by Crippen LogP contribution is 2.25. The standard InChI is InChI=1S/C27H26ClN3O3/c1-2-19-5-11-24(12-6-19)31-17-22(15-26(31)32)27(33)30-29-16-20-7-13-25(14-8-20)34-18-21-3-9-23(28)10-4-21/h3-14,16,22H,2,15,17-18H2,1H3,(H,30,33)/b29-16+/t22-/m1/s1. The van der Waals surface area contributed by atoms with Crippen LogP contribution in [0.15, 0.2) is 77.9 Å². The van der Waals surface area contributed by atoms with Crippen molar-refractivity contribution in [2.24, 2.45) is 11.0 Å². The summed E-state index contributed by atoms with van der Waals surface area (Å²) in [4.78, 5) is 26.6. The Morgan fingerprint density at radius 1 is 1.06 bits per heavy atom. The molecule has 34 heavy (non-hydrogen) atoms. The highest BCUT2D eigenvalue weighted by atomic mass is 35.5. The molecule has 1 fully saturated rings. The smallest absolute Gasteiger partial charge is 0.245 e. The number of ether oxygens (including phenoxy) is 1. The van der Waals surface area contributed by atoms with E-state index in [-0.39, 0.29) is 18.2 Å². The van der Waals surface area contributed by atoms with Crippen LogP contribution in [-0.2, 0) is 22.6 Å². The quantitative estimate of drug-likeness (QED) is 0.369. The molecule has 6 nitrogen and oxygen atoms in total. The fraction of sp³-hybridized carbons (Fsp3) is 0.222. The van der Waals surface area contributed by atoms with Gasteiger partial charge in [-0.05, 0) is 71.6 Å². The lowest BCUT2D eigenvalue weighted by molar-refractivity contribution is -0.126. The SMILES string of the molecule is CCc1ccc(N2C[C@H](C(=O)N/N=C/c3ccc(OCc4ccc(Cl)cc4)cc3)CC2=O)cc1. The number of nitrogens with zero attached hydrogens (tertiary/aromatic N) is 2. The zero-order valence-electron chi connectivity index (χ0n) is 18.9. The van der Waals surface area contributed by atoms with Crippen molar-refractivity contribution in [2.75, 3.05) is 11.4 Å². The lowest BCUT2D eigenvalue weighted by Crippen LogP contribution is -2.30. The molecule has 1 atom stereocenters. The summed E-state index contributed by atoms with van der Waals surface area (Å²) in [5, 5.41) is 4.75. The second kappa shape index (κ2) is 11.0. The van der Waals surface area contributed by atoms with Crippen molar-refractivity contribution < 1.29 is 14.3 Å². The largest absolute Gasteiger partial charge is 0.489 e. The Labute approximate surface area is 204 Å². The molecule has 1 saturated heterocycles. The number of carbonyl (C=O) groups excluding carboxylic acids is 2. The van der Waals surface area contributed by atoms with Crippen LogP contribution in [0.2, 0.25) is 5.02 Å². The van der Waals surface area contributed by atoms with Gasteiger partial charge in [0.25, 0.3) is 0 Å². The second-order valence-corrected chi connectivity index (χ2v) is 8.58.